The number of hydrogen-bond donors (Lipinski definition) is 3. The number of amides is 4. The summed E-state index contributed by atoms with van der Waals surface area (Å²) < 4.78 is 0. The maximum Gasteiger partial charge on any atom is 0.323 e. The van der Waals surface area contributed by atoms with Crippen LogP contribution in [0.25, 0.3) is 0 Å². The molecular formula is C30H42N4O5. The zero-order valence-electron chi connectivity index (χ0n) is 23.7. The number of nitrogens with zero attached hydrogens (tertiary/aromatic N) is 2. The first-order valence-corrected chi connectivity index (χ1v) is 13.7. The number of anilines is 2. The van der Waals surface area contributed by atoms with Crippen LogP contribution < -0.4 is 10.6 Å². The van der Waals surface area contributed by atoms with Gasteiger partial charge in [0.1, 0.15) is 6.04 Å². The maximum absolute atomic E-state index is 13.6. The van der Waals surface area contributed by atoms with Crippen molar-refractivity contribution in [3.8, 4) is 0 Å². The predicted molar refractivity (Wildman–Crippen MR) is 154 cm³/mol. The summed E-state index contributed by atoms with van der Waals surface area (Å²) in [5, 5.41) is 14.9. The van der Waals surface area contributed by atoms with Gasteiger partial charge in [0.15, 0.2) is 0 Å². The summed E-state index contributed by atoms with van der Waals surface area (Å²) in [4.78, 5) is 53.9. The van der Waals surface area contributed by atoms with Crippen LogP contribution in [-0.4, -0.2) is 63.9 Å². The molecule has 0 saturated carbocycles. The summed E-state index contributed by atoms with van der Waals surface area (Å²) in [6, 6.07) is 13.1. The van der Waals surface area contributed by atoms with E-state index in [4.69, 9.17) is 0 Å². The first-order chi connectivity index (χ1) is 18.6. The van der Waals surface area contributed by atoms with Crippen LogP contribution in [-0.2, 0) is 20.8 Å². The number of carbonyl (C=O) groups is 4. The molecule has 0 bridgehead atoms. The van der Waals surface area contributed by atoms with Gasteiger partial charge < -0.3 is 25.5 Å². The molecule has 212 valence electrons. The summed E-state index contributed by atoms with van der Waals surface area (Å²) in [6.45, 7) is 10.2. The average molecular weight is 539 g/mol. The third-order valence-corrected chi connectivity index (χ3v) is 6.74. The van der Waals surface area contributed by atoms with Gasteiger partial charge in [-0.1, -0.05) is 51.1 Å². The fourth-order valence-corrected chi connectivity index (χ4v) is 4.66. The molecule has 0 aromatic heterocycles. The van der Waals surface area contributed by atoms with E-state index in [0.717, 1.165) is 16.8 Å². The Balaban J connectivity index is 2.08. The molecule has 0 aliphatic heterocycles. The van der Waals surface area contributed by atoms with E-state index < -0.39 is 18.1 Å². The Kier molecular flexibility index (Phi) is 12.5. The minimum Gasteiger partial charge on any atom is -0.481 e. The first kappa shape index (κ1) is 31.3. The summed E-state index contributed by atoms with van der Waals surface area (Å²) in [7, 11) is 0. The number of carbonyl (C=O) groups excluding carboxylic acids is 3. The zero-order valence-corrected chi connectivity index (χ0v) is 23.7. The molecule has 9 heteroatoms. The van der Waals surface area contributed by atoms with E-state index in [-0.39, 0.29) is 30.7 Å². The lowest BCUT2D eigenvalue weighted by molar-refractivity contribution is -0.149. The van der Waals surface area contributed by atoms with Gasteiger partial charge in [0.25, 0.3) is 0 Å². The van der Waals surface area contributed by atoms with Gasteiger partial charge in [0.2, 0.25) is 11.8 Å². The second-order valence-corrected chi connectivity index (χ2v) is 9.56. The number of likely N-dealkylation sites (N-methyl/N-ethyl adjacent to an activating group) is 1. The molecule has 4 amide bonds. The van der Waals surface area contributed by atoms with Crippen molar-refractivity contribution in [3.05, 3.63) is 59.7 Å². The van der Waals surface area contributed by atoms with Crippen LogP contribution in [0.5, 0.6) is 0 Å². The maximum atomic E-state index is 13.6. The van der Waals surface area contributed by atoms with Crippen LogP contribution >= 0.6 is 0 Å². The number of urea groups is 1. The van der Waals surface area contributed by atoms with E-state index in [1.807, 2.05) is 58.9 Å². The van der Waals surface area contributed by atoms with Crippen LogP contribution in [0, 0.1) is 6.92 Å². The summed E-state index contributed by atoms with van der Waals surface area (Å²) in [5.74, 6) is -1.34. The van der Waals surface area contributed by atoms with Crippen molar-refractivity contribution in [1.82, 2.24) is 9.80 Å². The number of aliphatic carboxylic acids is 1. The van der Waals surface area contributed by atoms with Crippen molar-refractivity contribution < 1.29 is 24.3 Å². The summed E-state index contributed by atoms with van der Waals surface area (Å²) in [5.41, 5.74) is 3.03. The number of carboxylic acids is 1. The van der Waals surface area contributed by atoms with Gasteiger partial charge in [0, 0.05) is 30.5 Å². The summed E-state index contributed by atoms with van der Waals surface area (Å²) >= 11 is 0. The second-order valence-electron chi connectivity index (χ2n) is 9.56. The van der Waals surface area contributed by atoms with Gasteiger partial charge in [0.05, 0.1) is 12.8 Å². The number of aryl methyl sites for hydroxylation is 1. The number of rotatable bonds is 14. The largest absolute Gasteiger partial charge is 0.481 e. The highest BCUT2D eigenvalue weighted by atomic mass is 16.4. The highest BCUT2D eigenvalue weighted by Crippen LogP contribution is 2.19. The number of nitrogens with one attached hydrogen (secondary N) is 2. The predicted octanol–water partition coefficient (Wildman–Crippen LogP) is 5.30. The minimum absolute atomic E-state index is 0.105. The number of hydrogen-bond acceptors (Lipinski definition) is 4. The van der Waals surface area contributed by atoms with E-state index in [1.165, 1.54) is 0 Å². The SMILES string of the molecule is CCCN(C(=O)C(CC)N(CC)C(=O)Cc1ccc(NC(=O)Nc2ccccc2C)cc1)C(CC)CC(=O)O. The smallest absolute Gasteiger partial charge is 0.323 e. The minimum atomic E-state index is -0.946. The lowest BCUT2D eigenvalue weighted by atomic mass is 10.0. The molecule has 2 aromatic rings. The average Bonchev–Trinajstić information content (AvgIpc) is 2.91. The number of para-hydroxylation sites is 1. The molecule has 0 fully saturated rings. The normalized spacial score (nSPS) is 12.2. The van der Waals surface area contributed by atoms with Gasteiger partial charge in [-0.15, -0.1) is 0 Å². The Morgan fingerprint density at radius 3 is 2.08 bits per heavy atom. The van der Waals surface area contributed by atoms with Crippen molar-refractivity contribution in [2.75, 3.05) is 23.7 Å². The highest BCUT2D eigenvalue weighted by Gasteiger charge is 2.33. The molecule has 2 rings (SSSR count). The van der Waals surface area contributed by atoms with Crippen LogP contribution in [0.1, 0.15) is 64.5 Å². The van der Waals surface area contributed by atoms with Crippen LogP contribution in [0.2, 0.25) is 0 Å². The van der Waals surface area contributed by atoms with Crippen molar-refractivity contribution in [3.63, 3.8) is 0 Å². The number of carboxylic acid groups (broad SMARTS) is 1. The molecule has 2 aromatic carbocycles. The molecule has 9 nitrogen and oxygen atoms in total. The molecule has 2 atom stereocenters. The van der Waals surface area contributed by atoms with E-state index >= 15 is 0 Å². The molecule has 0 heterocycles. The van der Waals surface area contributed by atoms with Crippen molar-refractivity contribution in [1.29, 1.82) is 0 Å². The molecule has 2 unspecified atom stereocenters. The van der Waals surface area contributed by atoms with Crippen LogP contribution in [0.15, 0.2) is 48.5 Å². The van der Waals surface area contributed by atoms with Gasteiger partial charge in [-0.25, -0.2) is 4.79 Å². The van der Waals surface area contributed by atoms with Gasteiger partial charge >= 0.3 is 12.0 Å². The fraction of sp³-hybridized carbons (Fsp3) is 0.467. The third-order valence-electron chi connectivity index (χ3n) is 6.74. The van der Waals surface area contributed by atoms with E-state index in [2.05, 4.69) is 10.6 Å². The molecule has 0 spiro atoms. The quantitative estimate of drug-likeness (QED) is 0.302. The Morgan fingerprint density at radius 1 is 0.872 bits per heavy atom. The zero-order chi connectivity index (χ0) is 28.9. The topological polar surface area (TPSA) is 119 Å². The first-order valence-electron chi connectivity index (χ1n) is 13.7. The summed E-state index contributed by atoms with van der Waals surface area (Å²) in [6.07, 6.45) is 1.64. The molecule has 39 heavy (non-hydrogen) atoms. The standard InChI is InChI=1S/C30H42N4O5/c1-6-18-34(24(7-2)20-28(36)37)29(38)26(8-3)33(9-4)27(35)19-22-14-16-23(17-15-22)31-30(39)32-25-13-11-10-12-21(25)5/h10-17,24,26H,6-9,18-20H2,1-5H3,(H,36,37)(H2,31,32,39). The highest BCUT2D eigenvalue weighted by molar-refractivity contribution is 6.00. The van der Waals surface area contributed by atoms with Crippen molar-refractivity contribution >= 4 is 35.2 Å². The molecule has 0 saturated heterocycles. The third kappa shape index (κ3) is 9.12. The van der Waals surface area contributed by atoms with Crippen LogP contribution in [0.4, 0.5) is 16.2 Å². The van der Waals surface area contributed by atoms with E-state index in [0.29, 0.717) is 38.0 Å². The monoisotopic (exact) mass is 538 g/mol. The molecule has 0 aliphatic carbocycles. The lowest BCUT2D eigenvalue weighted by Crippen LogP contribution is -2.54. The Bertz CT molecular complexity index is 1120. The van der Waals surface area contributed by atoms with Crippen molar-refractivity contribution in [2.45, 2.75) is 78.8 Å². The van der Waals surface area contributed by atoms with Gasteiger partial charge in [-0.05, 0) is 62.4 Å². The van der Waals surface area contributed by atoms with E-state index in [9.17, 15) is 24.3 Å². The van der Waals surface area contributed by atoms with Crippen molar-refractivity contribution in [2.24, 2.45) is 0 Å². The Labute approximate surface area is 231 Å². The second kappa shape index (κ2) is 15.5. The van der Waals surface area contributed by atoms with Gasteiger partial charge in [-0.3, -0.25) is 14.4 Å². The lowest BCUT2D eigenvalue weighted by Gasteiger charge is -2.37. The fourth-order valence-electron chi connectivity index (χ4n) is 4.66. The Morgan fingerprint density at radius 2 is 1.54 bits per heavy atom. The Hall–Kier alpha value is -3.88. The molecule has 0 radical (unpaired) electrons. The molecular weight excluding hydrogens is 496 g/mol. The molecule has 0 aliphatic rings. The number of benzene rings is 2. The molecule has 3 N–H and O–H groups in total. The van der Waals surface area contributed by atoms with Gasteiger partial charge in [-0.2, -0.15) is 0 Å². The van der Waals surface area contributed by atoms with E-state index in [1.54, 1.807) is 34.1 Å². The van der Waals surface area contributed by atoms with Crippen LogP contribution in [0.3, 0.4) is 0 Å².